The first-order chi connectivity index (χ1) is 13.3. The Morgan fingerprint density at radius 1 is 1.14 bits per heavy atom. The van der Waals surface area contributed by atoms with E-state index >= 15 is 0 Å². The number of benzene rings is 1. The zero-order chi connectivity index (χ0) is 20.7. The topological polar surface area (TPSA) is 98.8 Å². The van der Waals surface area contributed by atoms with Crippen LogP contribution in [0.3, 0.4) is 0 Å². The van der Waals surface area contributed by atoms with Crippen LogP contribution in [0.25, 0.3) is 0 Å². The lowest BCUT2D eigenvalue weighted by Gasteiger charge is -2.34. The van der Waals surface area contributed by atoms with Gasteiger partial charge in [0.25, 0.3) is 5.91 Å². The Kier molecular flexibility index (Phi) is 7.90. The Bertz CT molecular complexity index is 808. The van der Waals surface area contributed by atoms with E-state index in [4.69, 9.17) is 0 Å². The van der Waals surface area contributed by atoms with Crippen LogP contribution in [0, 0.1) is 5.82 Å². The fraction of sp³-hybridized carbons (Fsp3) is 0.556. The Balaban J connectivity index is 2.02. The van der Waals surface area contributed by atoms with Crippen molar-refractivity contribution < 1.29 is 22.4 Å². The third kappa shape index (κ3) is 5.73. The second-order valence-corrected chi connectivity index (χ2v) is 8.33. The average Bonchev–Trinajstić information content (AvgIpc) is 2.66. The lowest BCUT2D eigenvalue weighted by atomic mass is 10.1. The van der Waals surface area contributed by atoms with Gasteiger partial charge in [-0.15, -0.1) is 0 Å². The van der Waals surface area contributed by atoms with Gasteiger partial charge in [-0.1, -0.05) is 13.8 Å². The first-order valence-electron chi connectivity index (χ1n) is 9.36. The van der Waals surface area contributed by atoms with Crippen LogP contribution >= 0.6 is 0 Å². The Morgan fingerprint density at radius 3 is 2.43 bits per heavy atom. The number of amides is 2. The molecule has 28 heavy (non-hydrogen) atoms. The second-order valence-electron chi connectivity index (χ2n) is 6.56. The number of sulfonamides is 1. The van der Waals surface area contributed by atoms with Gasteiger partial charge in [0.05, 0.1) is 17.0 Å². The minimum absolute atomic E-state index is 0.0611. The van der Waals surface area contributed by atoms with Gasteiger partial charge in [0.1, 0.15) is 5.82 Å². The number of hydrogen-bond acceptors (Lipinski definition) is 5. The summed E-state index contributed by atoms with van der Waals surface area (Å²) in [6.07, 6.45) is 0.863. The highest BCUT2D eigenvalue weighted by molar-refractivity contribution is 7.89. The van der Waals surface area contributed by atoms with Crippen molar-refractivity contribution in [2.75, 3.05) is 45.8 Å². The van der Waals surface area contributed by atoms with Crippen molar-refractivity contribution in [3.05, 3.63) is 29.6 Å². The van der Waals surface area contributed by atoms with Gasteiger partial charge < -0.3 is 10.2 Å². The van der Waals surface area contributed by atoms with Crippen molar-refractivity contribution in [1.29, 1.82) is 0 Å². The molecule has 10 heteroatoms. The van der Waals surface area contributed by atoms with E-state index in [0.29, 0.717) is 32.7 Å². The summed E-state index contributed by atoms with van der Waals surface area (Å²) in [4.78, 5) is 27.7. The Morgan fingerprint density at radius 2 is 1.82 bits per heavy atom. The van der Waals surface area contributed by atoms with Gasteiger partial charge in [0.2, 0.25) is 15.9 Å². The van der Waals surface area contributed by atoms with E-state index in [2.05, 4.69) is 10.0 Å². The number of rotatable bonds is 8. The van der Waals surface area contributed by atoms with Gasteiger partial charge in [-0.3, -0.25) is 14.5 Å². The van der Waals surface area contributed by atoms with Gasteiger partial charge in [-0.05, 0) is 24.6 Å². The van der Waals surface area contributed by atoms with E-state index in [1.165, 1.54) is 4.90 Å². The number of halogens is 1. The number of carbonyl (C=O) groups is 2. The van der Waals surface area contributed by atoms with Gasteiger partial charge in [-0.25, -0.2) is 17.5 Å². The molecule has 0 bridgehead atoms. The maximum Gasteiger partial charge on any atom is 0.256 e. The van der Waals surface area contributed by atoms with E-state index in [1.807, 2.05) is 11.8 Å². The lowest BCUT2D eigenvalue weighted by Crippen LogP contribution is -2.51. The molecule has 1 saturated heterocycles. The van der Waals surface area contributed by atoms with Crippen LogP contribution in [0.4, 0.5) is 4.39 Å². The minimum atomic E-state index is -3.78. The highest BCUT2D eigenvalue weighted by Gasteiger charge is 2.26. The zero-order valence-corrected chi connectivity index (χ0v) is 17.0. The molecular weight excluding hydrogens is 387 g/mol. The summed E-state index contributed by atoms with van der Waals surface area (Å²) in [5.41, 5.74) is -0.270. The van der Waals surface area contributed by atoms with Gasteiger partial charge in [0.15, 0.2) is 0 Å². The maximum atomic E-state index is 14.2. The van der Waals surface area contributed by atoms with E-state index < -0.39 is 21.7 Å². The summed E-state index contributed by atoms with van der Waals surface area (Å²) in [5.74, 6) is -1.38. The molecule has 1 aliphatic heterocycles. The summed E-state index contributed by atoms with van der Waals surface area (Å²) in [6, 6.07) is 3.20. The van der Waals surface area contributed by atoms with E-state index in [0.717, 1.165) is 24.6 Å². The molecule has 0 aromatic heterocycles. The van der Waals surface area contributed by atoms with Crippen LogP contribution < -0.4 is 10.0 Å². The molecule has 1 aliphatic rings. The third-order valence-electron chi connectivity index (χ3n) is 4.41. The standard InChI is InChI=1S/C18H27FN4O4S/c1-3-7-20-17(24)13-22-8-10-23(11-9-22)18(25)15-12-14(5-6-16(15)19)28(26,27)21-4-2/h5-6,12,21H,3-4,7-11,13H2,1-2H3,(H,20,24). The summed E-state index contributed by atoms with van der Waals surface area (Å²) < 4.78 is 40.7. The molecule has 0 aliphatic carbocycles. The van der Waals surface area contributed by atoms with Crippen LogP contribution in [-0.4, -0.2) is 75.8 Å². The van der Waals surface area contributed by atoms with Gasteiger partial charge in [-0.2, -0.15) is 0 Å². The fourth-order valence-corrected chi connectivity index (χ4v) is 3.98. The van der Waals surface area contributed by atoms with Crippen molar-refractivity contribution in [2.45, 2.75) is 25.2 Å². The average molecular weight is 415 g/mol. The van der Waals surface area contributed by atoms with Crippen molar-refractivity contribution in [2.24, 2.45) is 0 Å². The molecule has 0 unspecified atom stereocenters. The molecule has 2 rings (SSSR count). The van der Waals surface area contributed by atoms with Crippen molar-refractivity contribution in [1.82, 2.24) is 19.8 Å². The molecule has 1 fully saturated rings. The lowest BCUT2D eigenvalue weighted by molar-refractivity contribution is -0.122. The van der Waals surface area contributed by atoms with Crippen LogP contribution in [-0.2, 0) is 14.8 Å². The highest BCUT2D eigenvalue weighted by Crippen LogP contribution is 2.18. The summed E-state index contributed by atoms with van der Waals surface area (Å²) >= 11 is 0. The smallest absolute Gasteiger partial charge is 0.256 e. The van der Waals surface area contributed by atoms with Crippen molar-refractivity contribution in [3.63, 3.8) is 0 Å². The molecule has 2 amide bonds. The first-order valence-corrected chi connectivity index (χ1v) is 10.8. The molecular formula is C18H27FN4O4S. The predicted octanol–water partition coefficient (Wildman–Crippen LogP) is 0.408. The number of hydrogen-bond donors (Lipinski definition) is 2. The van der Waals surface area contributed by atoms with Crippen LogP contribution in [0.15, 0.2) is 23.1 Å². The number of carbonyl (C=O) groups excluding carboxylic acids is 2. The first kappa shape index (κ1) is 22.3. The van der Waals surface area contributed by atoms with E-state index in [1.54, 1.807) is 6.92 Å². The molecule has 0 spiro atoms. The Hall–Kier alpha value is -2.04. The molecule has 0 atom stereocenters. The minimum Gasteiger partial charge on any atom is -0.355 e. The monoisotopic (exact) mass is 414 g/mol. The number of piperazine rings is 1. The molecule has 8 nitrogen and oxygen atoms in total. The van der Waals surface area contributed by atoms with Crippen LogP contribution in [0.1, 0.15) is 30.6 Å². The number of nitrogens with zero attached hydrogens (tertiary/aromatic N) is 2. The quantitative estimate of drug-likeness (QED) is 0.642. The molecule has 0 saturated carbocycles. The summed E-state index contributed by atoms with van der Waals surface area (Å²) in [6.45, 7) is 6.33. The normalized spacial score (nSPS) is 15.5. The summed E-state index contributed by atoms with van der Waals surface area (Å²) in [7, 11) is -3.78. The Labute approximate surface area is 165 Å². The molecule has 1 heterocycles. The molecule has 2 N–H and O–H groups in total. The van der Waals surface area contributed by atoms with Crippen LogP contribution in [0.5, 0.6) is 0 Å². The SMILES string of the molecule is CCCNC(=O)CN1CCN(C(=O)c2cc(S(=O)(=O)NCC)ccc2F)CC1. The molecule has 1 aromatic rings. The highest BCUT2D eigenvalue weighted by atomic mass is 32.2. The van der Waals surface area contributed by atoms with E-state index in [-0.39, 0.29) is 29.5 Å². The fourth-order valence-electron chi connectivity index (χ4n) is 2.91. The molecule has 156 valence electrons. The van der Waals surface area contributed by atoms with Crippen molar-refractivity contribution >= 4 is 21.8 Å². The number of nitrogens with one attached hydrogen (secondary N) is 2. The second kappa shape index (κ2) is 9.94. The van der Waals surface area contributed by atoms with Crippen molar-refractivity contribution in [3.8, 4) is 0 Å². The van der Waals surface area contributed by atoms with E-state index in [9.17, 15) is 22.4 Å². The third-order valence-corrected chi connectivity index (χ3v) is 5.96. The van der Waals surface area contributed by atoms with Gasteiger partial charge in [0, 0.05) is 39.3 Å². The largest absolute Gasteiger partial charge is 0.355 e. The molecule has 0 radical (unpaired) electrons. The zero-order valence-electron chi connectivity index (χ0n) is 16.2. The summed E-state index contributed by atoms with van der Waals surface area (Å²) in [5, 5.41) is 2.80. The van der Waals surface area contributed by atoms with Crippen LogP contribution in [0.2, 0.25) is 0 Å². The maximum absolute atomic E-state index is 14.2. The predicted molar refractivity (Wildman–Crippen MR) is 103 cm³/mol. The molecule has 1 aromatic carbocycles. The van der Waals surface area contributed by atoms with Gasteiger partial charge >= 0.3 is 0 Å².